The fourth-order valence-electron chi connectivity index (χ4n) is 3.08. The molecule has 2 aromatic carbocycles. The maximum Gasteiger partial charge on any atom is 0.253 e. The van der Waals surface area contributed by atoms with Gasteiger partial charge in [0.05, 0.1) is 28.4 Å². The summed E-state index contributed by atoms with van der Waals surface area (Å²) in [5.41, 5.74) is 0.964. The van der Waals surface area contributed by atoms with Crippen molar-refractivity contribution in [3.63, 3.8) is 0 Å². The van der Waals surface area contributed by atoms with Gasteiger partial charge in [-0.25, -0.2) is 13.1 Å². The summed E-state index contributed by atoms with van der Waals surface area (Å²) in [6, 6.07) is 7.80. The lowest BCUT2D eigenvalue weighted by Crippen LogP contribution is -2.27. The summed E-state index contributed by atoms with van der Waals surface area (Å²) in [6.45, 7) is 2.12. The third-order valence-corrected chi connectivity index (χ3v) is 6.09. The van der Waals surface area contributed by atoms with Crippen LogP contribution in [0.3, 0.4) is 0 Å². The van der Waals surface area contributed by atoms with Gasteiger partial charge in [0.2, 0.25) is 15.8 Å². The first kappa shape index (κ1) is 24.3. The van der Waals surface area contributed by atoms with Crippen molar-refractivity contribution in [2.75, 3.05) is 42.0 Å². The molecule has 0 aliphatic rings. The van der Waals surface area contributed by atoms with Crippen molar-refractivity contribution in [1.82, 2.24) is 9.62 Å². The van der Waals surface area contributed by atoms with Crippen molar-refractivity contribution in [3.8, 4) is 23.0 Å². The molecule has 10 heteroatoms. The molecule has 9 nitrogen and oxygen atoms in total. The third-order valence-electron chi connectivity index (χ3n) is 4.53. The van der Waals surface area contributed by atoms with Gasteiger partial charge in [-0.05, 0) is 35.9 Å². The Labute approximate surface area is 182 Å². The van der Waals surface area contributed by atoms with E-state index in [0.29, 0.717) is 17.2 Å². The molecule has 0 unspecified atom stereocenters. The van der Waals surface area contributed by atoms with Gasteiger partial charge in [0.25, 0.3) is 5.91 Å². The summed E-state index contributed by atoms with van der Waals surface area (Å²) in [7, 11) is 3.72. The minimum atomic E-state index is -3.81. The lowest BCUT2D eigenvalue weighted by atomic mass is 10.1. The van der Waals surface area contributed by atoms with E-state index in [1.165, 1.54) is 51.5 Å². The van der Waals surface area contributed by atoms with Crippen LogP contribution in [0.15, 0.2) is 35.2 Å². The topological polar surface area (TPSA) is 103 Å². The van der Waals surface area contributed by atoms with Gasteiger partial charge in [-0.3, -0.25) is 4.79 Å². The van der Waals surface area contributed by atoms with E-state index in [1.54, 1.807) is 26.1 Å². The fraction of sp³-hybridized carbons (Fsp3) is 0.381. The van der Waals surface area contributed by atoms with Crippen LogP contribution >= 0.6 is 0 Å². The van der Waals surface area contributed by atoms with Gasteiger partial charge in [-0.2, -0.15) is 0 Å². The molecule has 0 aliphatic heterocycles. The van der Waals surface area contributed by atoms with Gasteiger partial charge in [-0.15, -0.1) is 0 Å². The third kappa shape index (κ3) is 5.39. The van der Waals surface area contributed by atoms with Gasteiger partial charge in [0.1, 0.15) is 10.6 Å². The maximum atomic E-state index is 13.0. The van der Waals surface area contributed by atoms with Crippen LogP contribution in [0, 0.1) is 0 Å². The van der Waals surface area contributed by atoms with E-state index in [0.717, 1.165) is 5.56 Å². The summed E-state index contributed by atoms with van der Waals surface area (Å²) >= 11 is 0. The Morgan fingerprint density at radius 2 is 1.52 bits per heavy atom. The SMILES string of the molecule is CCNS(=O)(=O)c1cc(C(=O)N(C)Cc2cc(OC)c(OC)c(OC)c2)ccc1OC. The van der Waals surface area contributed by atoms with E-state index in [4.69, 9.17) is 18.9 Å². The minimum Gasteiger partial charge on any atom is -0.495 e. The summed E-state index contributed by atoms with van der Waals surface area (Å²) in [4.78, 5) is 14.4. The van der Waals surface area contributed by atoms with Crippen LogP contribution in [-0.4, -0.2) is 61.3 Å². The van der Waals surface area contributed by atoms with E-state index < -0.39 is 10.0 Å². The predicted octanol–water partition coefficient (Wildman–Crippen LogP) is 2.29. The van der Waals surface area contributed by atoms with E-state index >= 15 is 0 Å². The molecule has 0 fully saturated rings. The average Bonchev–Trinajstić information content (AvgIpc) is 2.77. The monoisotopic (exact) mass is 452 g/mol. The number of nitrogens with zero attached hydrogens (tertiary/aromatic N) is 1. The molecule has 170 valence electrons. The van der Waals surface area contributed by atoms with Gasteiger partial charge in [0, 0.05) is 25.7 Å². The molecule has 0 heterocycles. The van der Waals surface area contributed by atoms with Crippen LogP contribution < -0.4 is 23.7 Å². The van der Waals surface area contributed by atoms with E-state index in [-0.39, 0.29) is 35.2 Å². The number of hydrogen-bond donors (Lipinski definition) is 1. The summed E-state index contributed by atoms with van der Waals surface area (Å²) in [5, 5.41) is 0. The van der Waals surface area contributed by atoms with Crippen molar-refractivity contribution in [2.45, 2.75) is 18.4 Å². The Hall–Kier alpha value is -2.98. The maximum absolute atomic E-state index is 13.0. The Morgan fingerprint density at radius 3 is 2.00 bits per heavy atom. The molecule has 0 aromatic heterocycles. The van der Waals surface area contributed by atoms with Crippen LogP contribution in [0.4, 0.5) is 0 Å². The largest absolute Gasteiger partial charge is 0.495 e. The van der Waals surface area contributed by atoms with Crippen molar-refractivity contribution in [2.24, 2.45) is 0 Å². The first-order chi connectivity index (χ1) is 14.7. The van der Waals surface area contributed by atoms with Crippen molar-refractivity contribution >= 4 is 15.9 Å². The molecule has 0 saturated carbocycles. The molecule has 0 radical (unpaired) electrons. The van der Waals surface area contributed by atoms with Crippen molar-refractivity contribution < 1.29 is 32.2 Å². The fourth-order valence-corrected chi connectivity index (χ4v) is 4.31. The lowest BCUT2D eigenvalue weighted by Gasteiger charge is -2.20. The Balaban J connectivity index is 2.36. The number of benzene rings is 2. The first-order valence-electron chi connectivity index (χ1n) is 9.44. The normalized spacial score (nSPS) is 11.0. The highest BCUT2D eigenvalue weighted by atomic mass is 32.2. The molecule has 31 heavy (non-hydrogen) atoms. The number of carbonyl (C=O) groups excluding carboxylic acids is 1. The van der Waals surface area contributed by atoms with Gasteiger partial charge in [-0.1, -0.05) is 6.92 Å². The zero-order chi connectivity index (χ0) is 23.2. The zero-order valence-corrected chi connectivity index (χ0v) is 19.3. The number of rotatable bonds is 10. The van der Waals surface area contributed by atoms with Crippen LogP contribution in [-0.2, 0) is 16.6 Å². The van der Waals surface area contributed by atoms with Gasteiger partial charge in [0.15, 0.2) is 11.5 Å². The lowest BCUT2D eigenvalue weighted by molar-refractivity contribution is 0.0784. The minimum absolute atomic E-state index is 0.0936. The van der Waals surface area contributed by atoms with Crippen molar-refractivity contribution in [3.05, 3.63) is 41.5 Å². The molecule has 1 N–H and O–H groups in total. The number of hydrogen-bond acceptors (Lipinski definition) is 7. The molecule has 1 amide bonds. The Bertz CT molecular complexity index is 1010. The second-order valence-corrected chi connectivity index (χ2v) is 8.30. The molecule has 0 aliphatic carbocycles. The summed E-state index contributed by atoms with van der Waals surface area (Å²) in [5.74, 6) is 1.20. The van der Waals surface area contributed by atoms with Gasteiger partial charge < -0.3 is 23.8 Å². The zero-order valence-electron chi connectivity index (χ0n) is 18.5. The molecule has 2 rings (SSSR count). The Morgan fingerprint density at radius 1 is 0.935 bits per heavy atom. The highest BCUT2D eigenvalue weighted by Gasteiger charge is 2.23. The highest BCUT2D eigenvalue weighted by Crippen LogP contribution is 2.38. The second kappa shape index (κ2) is 10.4. The number of ether oxygens (including phenoxy) is 4. The number of amides is 1. The van der Waals surface area contributed by atoms with Crippen LogP contribution in [0.25, 0.3) is 0 Å². The van der Waals surface area contributed by atoms with Crippen LogP contribution in [0.2, 0.25) is 0 Å². The molecular weight excluding hydrogens is 424 g/mol. The number of carbonyl (C=O) groups is 1. The van der Waals surface area contributed by atoms with Crippen LogP contribution in [0.1, 0.15) is 22.8 Å². The molecule has 2 aromatic rings. The van der Waals surface area contributed by atoms with E-state index in [1.807, 2.05) is 0 Å². The van der Waals surface area contributed by atoms with E-state index in [2.05, 4.69) is 4.72 Å². The Kier molecular flexibility index (Phi) is 8.12. The van der Waals surface area contributed by atoms with Gasteiger partial charge >= 0.3 is 0 Å². The standard InChI is InChI=1S/C21H28N2O7S/c1-7-22-31(25,26)19-12-15(8-9-16(19)27-3)21(24)23(2)13-14-10-17(28-4)20(30-6)18(11-14)29-5/h8-12,22H,7,13H2,1-6H3. The molecule has 0 saturated heterocycles. The number of nitrogens with one attached hydrogen (secondary N) is 1. The van der Waals surface area contributed by atoms with Crippen molar-refractivity contribution in [1.29, 1.82) is 0 Å². The number of methoxy groups -OCH3 is 4. The van der Waals surface area contributed by atoms with E-state index in [9.17, 15) is 13.2 Å². The predicted molar refractivity (Wildman–Crippen MR) is 116 cm³/mol. The average molecular weight is 453 g/mol. The highest BCUT2D eigenvalue weighted by molar-refractivity contribution is 7.89. The quantitative estimate of drug-likeness (QED) is 0.590. The van der Waals surface area contributed by atoms with Crippen LogP contribution in [0.5, 0.6) is 23.0 Å². The molecular formula is C21H28N2O7S. The molecule has 0 spiro atoms. The number of sulfonamides is 1. The molecule has 0 bridgehead atoms. The summed E-state index contributed by atoms with van der Waals surface area (Å²) in [6.07, 6.45) is 0. The first-order valence-corrected chi connectivity index (χ1v) is 10.9. The summed E-state index contributed by atoms with van der Waals surface area (Å²) < 4.78 is 48.6. The smallest absolute Gasteiger partial charge is 0.253 e. The molecule has 0 atom stereocenters. The second-order valence-electron chi connectivity index (χ2n) is 6.56.